The van der Waals surface area contributed by atoms with Gasteiger partial charge in [-0.05, 0) is 42.5 Å². The maximum atomic E-state index is 11.6. The zero-order chi connectivity index (χ0) is 12.8. The van der Waals surface area contributed by atoms with Crippen LogP contribution in [0.3, 0.4) is 0 Å². The van der Waals surface area contributed by atoms with Gasteiger partial charge in [0.05, 0.1) is 17.9 Å². The lowest BCUT2D eigenvalue weighted by Crippen LogP contribution is -2.07. The Bertz CT molecular complexity index is 590. The monoisotopic (exact) mass is 238 g/mol. The zero-order valence-corrected chi connectivity index (χ0v) is 9.46. The van der Waals surface area contributed by atoms with Gasteiger partial charge in [-0.1, -0.05) is 0 Å². The summed E-state index contributed by atoms with van der Waals surface area (Å²) in [6, 6.07) is 12.2. The molecule has 1 heterocycles. The standard InChI is InChI=1S/C14H10N2O2/c15-10-11-3-5-12(6-4-11)16-14(17)8-7-13-2-1-9-18-13/h1-9H,(H,16,17)/b8-7-. The molecule has 2 rings (SSSR count). The molecule has 0 aliphatic rings. The summed E-state index contributed by atoms with van der Waals surface area (Å²) in [5, 5.41) is 11.3. The van der Waals surface area contributed by atoms with Crippen molar-refractivity contribution >= 4 is 17.7 Å². The minimum absolute atomic E-state index is 0.254. The molecule has 0 aliphatic carbocycles. The smallest absolute Gasteiger partial charge is 0.248 e. The van der Waals surface area contributed by atoms with Gasteiger partial charge < -0.3 is 9.73 Å². The third-order valence-corrected chi connectivity index (χ3v) is 2.22. The van der Waals surface area contributed by atoms with Crippen molar-refractivity contribution in [3.8, 4) is 6.07 Å². The van der Waals surface area contributed by atoms with Gasteiger partial charge in [0.15, 0.2) is 0 Å². The van der Waals surface area contributed by atoms with E-state index in [0.29, 0.717) is 17.0 Å². The van der Waals surface area contributed by atoms with Crippen LogP contribution in [-0.2, 0) is 4.79 Å². The van der Waals surface area contributed by atoms with E-state index in [1.807, 2.05) is 6.07 Å². The van der Waals surface area contributed by atoms with Gasteiger partial charge in [-0.2, -0.15) is 5.26 Å². The quantitative estimate of drug-likeness (QED) is 0.836. The SMILES string of the molecule is N#Cc1ccc(NC(=O)/C=C\c2ccco2)cc1. The summed E-state index contributed by atoms with van der Waals surface area (Å²) < 4.78 is 5.06. The Morgan fingerprint density at radius 2 is 2.06 bits per heavy atom. The van der Waals surface area contributed by atoms with E-state index < -0.39 is 0 Å². The van der Waals surface area contributed by atoms with E-state index in [1.54, 1.807) is 42.5 Å². The number of carbonyl (C=O) groups excluding carboxylic acids is 1. The van der Waals surface area contributed by atoms with Crippen LogP contribution in [0.15, 0.2) is 53.2 Å². The minimum Gasteiger partial charge on any atom is -0.465 e. The summed E-state index contributed by atoms with van der Waals surface area (Å²) >= 11 is 0. The van der Waals surface area contributed by atoms with E-state index in [4.69, 9.17) is 9.68 Å². The largest absolute Gasteiger partial charge is 0.465 e. The average molecular weight is 238 g/mol. The second-order valence-electron chi connectivity index (χ2n) is 3.53. The molecule has 0 atom stereocenters. The van der Waals surface area contributed by atoms with Crippen LogP contribution in [0.4, 0.5) is 5.69 Å². The normalized spacial score (nSPS) is 10.2. The summed E-state index contributed by atoms with van der Waals surface area (Å²) in [5.74, 6) is 0.362. The predicted octanol–water partition coefficient (Wildman–Crippen LogP) is 2.80. The minimum atomic E-state index is -0.254. The van der Waals surface area contributed by atoms with Crippen LogP contribution in [0.1, 0.15) is 11.3 Å². The molecule has 88 valence electrons. The van der Waals surface area contributed by atoms with Gasteiger partial charge in [0.25, 0.3) is 0 Å². The van der Waals surface area contributed by atoms with E-state index in [9.17, 15) is 4.79 Å². The molecule has 1 amide bonds. The van der Waals surface area contributed by atoms with Crippen LogP contribution in [0.2, 0.25) is 0 Å². The Hall–Kier alpha value is -2.80. The summed E-state index contributed by atoms with van der Waals surface area (Å²) in [4.78, 5) is 11.6. The highest BCUT2D eigenvalue weighted by atomic mass is 16.3. The molecule has 0 radical (unpaired) electrons. The summed E-state index contributed by atoms with van der Waals surface area (Å²) in [5.41, 5.74) is 1.20. The Balaban J connectivity index is 1.97. The molecular weight excluding hydrogens is 228 g/mol. The lowest BCUT2D eigenvalue weighted by Gasteiger charge is -2.01. The Kier molecular flexibility index (Phi) is 3.57. The van der Waals surface area contributed by atoms with Gasteiger partial charge in [-0.3, -0.25) is 4.79 Å². The molecule has 4 nitrogen and oxygen atoms in total. The van der Waals surface area contributed by atoms with Crippen LogP contribution < -0.4 is 5.32 Å². The van der Waals surface area contributed by atoms with Crippen LogP contribution in [0.25, 0.3) is 6.08 Å². The van der Waals surface area contributed by atoms with Gasteiger partial charge in [0.1, 0.15) is 5.76 Å². The topological polar surface area (TPSA) is 66.0 Å². The van der Waals surface area contributed by atoms with Crippen molar-refractivity contribution < 1.29 is 9.21 Å². The molecule has 0 aliphatic heterocycles. The molecular formula is C14H10N2O2. The first-order chi connectivity index (χ1) is 8.78. The molecule has 0 fully saturated rings. The number of amides is 1. The fraction of sp³-hybridized carbons (Fsp3) is 0. The van der Waals surface area contributed by atoms with E-state index in [-0.39, 0.29) is 5.91 Å². The molecule has 1 aromatic carbocycles. The van der Waals surface area contributed by atoms with Crippen LogP contribution in [0.5, 0.6) is 0 Å². The fourth-order valence-electron chi connectivity index (χ4n) is 1.36. The second kappa shape index (κ2) is 5.51. The van der Waals surface area contributed by atoms with Gasteiger partial charge >= 0.3 is 0 Å². The van der Waals surface area contributed by atoms with Crippen molar-refractivity contribution in [3.05, 3.63) is 60.1 Å². The van der Waals surface area contributed by atoms with Gasteiger partial charge in [0, 0.05) is 11.8 Å². The number of hydrogen-bond donors (Lipinski definition) is 1. The van der Waals surface area contributed by atoms with E-state index in [0.717, 1.165) is 0 Å². The lowest BCUT2D eigenvalue weighted by molar-refractivity contribution is -0.111. The molecule has 2 aromatic rings. The molecule has 0 spiro atoms. The molecule has 4 heteroatoms. The number of rotatable bonds is 3. The van der Waals surface area contributed by atoms with Gasteiger partial charge in [-0.25, -0.2) is 0 Å². The van der Waals surface area contributed by atoms with E-state index in [1.165, 1.54) is 12.3 Å². The average Bonchev–Trinajstić information content (AvgIpc) is 2.90. The highest BCUT2D eigenvalue weighted by molar-refractivity contribution is 6.01. The molecule has 0 saturated carbocycles. The van der Waals surface area contributed by atoms with Gasteiger partial charge in [-0.15, -0.1) is 0 Å². The molecule has 0 unspecified atom stereocenters. The number of nitriles is 1. The Morgan fingerprint density at radius 1 is 1.28 bits per heavy atom. The van der Waals surface area contributed by atoms with Crippen molar-refractivity contribution in [1.29, 1.82) is 5.26 Å². The third kappa shape index (κ3) is 3.09. The fourth-order valence-corrected chi connectivity index (χ4v) is 1.36. The van der Waals surface area contributed by atoms with Crippen molar-refractivity contribution in [2.45, 2.75) is 0 Å². The molecule has 1 N–H and O–H groups in total. The van der Waals surface area contributed by atoms with Gasteiger partial charge in [0.2, 0.25) is 5.91 Å². The Labute approximate surface area is 104 Å². The number of carbonyl (C=O) groups is 1. The van der Waals surface area contributed by atoms with Crippen LogP contribution >= 0.6 is 0 Å². The molecule has 0 bridgehead atoms. The number of furan rings is 1. The number of benzene rings is 1. The first-order valence-electron chi connectivity index (χ1n) is 5.30. The third-order valence-electron chi connectivity index (χ3n) is 2.22. The highest BCUT2D eigenvalue weighted by Gasteiger charge is 1.98. The number of nitrogens with one attached hydrogen (secondary N) is 1. The number of anilines is 1. The van der Waals surface area contributed by atoms with E-state index >= 15 is 0 Å². The summed E-state index contributed by atoms with van der Waals surface area (Å²) in [6.07, 6.45) is 4.51. The maximum Gasteiger partial charge on any atom is 0.248 e. The maximum absolute atomic E-state index is 11.6. The number of hydrogen-bond acceptors (Lipinski definition) is 3. The van der Waals surface area contributed by atoms with Crippen molar-refractivity contribution in [1.82, 2.24) is 0 Å². The van der Waals surface area contributed by atoms with E-state index in [2.05, 4.69) is 5.32 Å². The number of nitrogens with zero attached hydrogens (tertiary/aromatic N) is 1. The lowest BCUT2D eigenvalue weighted by atomic mass is 10.2. The van der Waals surface area contributed by atoms with Crippen molar-refractivity contribution in [2.24, 2.45) is 0 Å². The summed E-state index contributed by atoms with van der Waals surface area (Å²) in [6.45, 7) is 0. The van der Waals surface area contributed by atoms with Crippen molar-refractivity contribution in [3.63, 3.8) is 0 Å². The zero-order valence-electron chi connectivity index (χ0n) is 9.46. The van der Waals surface area contributed by atoms with Crippen LogP contribution in [0, 0.1) is 11.3 Å². The van der Waals surface area contributed by atoms with Crippen LogP contribution in [-0.4, -0.2) is 5.91 Å². The first-order valence-corrected chi connectivity index (χ1v) is 5.30. The first kappa shape index (κ1) is 11.7. The molecule has 18 heavy (non-hydrogen) atoms. The Morgan fingerprint density at radius 3 is 2.67 bits per heavy atom. The summed E-state index contributed by atoms with van der Waals surface area (Å²) in [7, 11) is 0. The highest BCUT2D eigenvalue weighted by Crippen LogP contribution is 2.09. The second-order valence-corrected chi connectivity index (χ2v) is 3.53. The molecule has 1 aromatic heterocycles. The van der Waals surface area contributed by atoms with Crippen molar-refractivity contribution in [2.75, 3.05) is 5.32 Å². The predicted molar refractivity (Wildman–Crippen MR) is 67.5 cm³/mol. The molecule has 0 saturated heterocycles.